The Labute approximate surface area is 128 Å². The summed E-state index contributed by atoms with van der Waals surface area (Å²) in [5.41, 5.74) is 5.55. The van der Waals surface area contributed by atoms with Crippen LogP contribution in [0.3, 0.4) is 0 Å². The molecule has 0 aliphatic heterocycles. The Hall–Kier alpha value is -1.53. The summed E-state index contributed by atoms with van der Waals surface area (Å²) in [5.74, 6) is -0.222. The van der Waals surface area contributed by atoms with E-state index in [1.54, 1.807) is 18.2 Å². The lowest BCUT2D eigenvalue weighted by molar-refractivity contribution is -0.139. The molecule has 2 rings (SSSR count). The van der Waals surface area contributed by atoms with Crippen LogP contribution >= 0.6 is 15.9 Å². The number of benzene rings is 2. The van der Waals surface area contributed by atoms with Crippen molar-refractivity contribution in [2.24, 2.45) is 5.73 Å². The number of hydrogen-bond acceptors (Lipinski definition) is 2. The summed E-state index contributed by atoms with van der Waals surface area (Å²) in [6.07, 6.45) is -5.11. The van der Waals surface area contributed by atoms with Crippen LogP contribution in [-0.4, -0.2) is 6.54 Å². The SMILES string of the molecule is NCC(Oc1ccccc1C(F)(F)F)c1cccc(Br)c1. The highest BCUT2D eigenvalue weighted by Gasteiger charge is 2.34. The molecule has 6 heteroatoms. The van der Waals surface area contributed by atoms with Gasteiger partial charge < -0.3 is 10.5 Å². The van der Waals surface area contributed by atoms with Crippen molar-refractivity contribution in [3.63, 3.8) is 0 Å². The fraction of sp³-hybridized carbons (Fsp3) is 0.200. The minimum absolute atomic E-state index is 0.0721. The first-order valence-corrected chi connectivity index (χ1v) is 6.99. The van der Waals surface area contributed by atoms with Crippen LogP contribution in [0.4, 0.5) is 13.2 Å². The average Bonchev–Trinajstić information content (AvgIpc) is 2.44. The molecule has 2 aromatic rings. The summed E-state index contributed by atoms with van der Waals surface area (Å²) in [6, 6.07) is 12.2. The van der Waals surface area contributed by atoms with Crippen LogP contribution in [0.1, 0.15) is 17.2 Å². The highest BCUT2D eigenvalue weighted by molar-refractivity contribution is 9.10. The molecule has 0 fully saturated rings. The van der Waals surface area contributed by atoms with Crippen LogP contribution in [0.25, 0.3) is 0 Å². The molecule has 0 aliphatic carbocycles. The van der Waals surface area contributed by atoms with Gasteiger partial charge in [-0.1, -0.05) is 40.2 Å². The van der Waals surface area contributed by atoms with Crippen molar-refractivity contribution in [2.75, 3.05) is 6.54 Å². The van der Waals surface area contributed by atoms with Gasteiger partial charge >= 0.3 is 6.18 Å². The molecule has 0 radical (unpaired) electrons. The lowest BCUT2D eigenvalue weighted by Crippen LogP contribution is -2.20. The van der Waals surface area contributed by atoms with Crippen LogP contribution in [0, 0.1) is 0 Å². The first kappa shape index (κ1) is 15.9. The fourth-order valence-corrected chi connectivity index (χ4v) is 2.33. The van der Waals surface area contributed by atoms with Crippen molar-refractivity contribution in [3.05, 3.63) is 64.1 Å². The Morgan fingerprint density at radius 3 is 2.43 bits per heavy atom. The molecule has 2 aromatic carbocycles. The molecule has 0 spiro atoms. The molecule has 2 N–H and O–H groups in total. The van der Waals surface area contributed by atoms with Crippen molar-refractivity contribution in [1.82, 2.24) is 0 Å². The summed E-state index contributed by atoms with van der Waals surface area (Å²) in [5, 5.41) is 0. The molecule has 0 aromatic heterocycles. The second-order valence-electron chi connectivity index (χ2n) is 4.39. The fourth-order valence-electron chi connectivity index (χ4n) is 1.92. The Morgan fingerprint density at radius 1 is 1.10 bits per heavy atom. The maximum atomic E-state index is 13.0. The predicted molar refractivity (Wildman–Crippen MR) is 78.0 cm³/mol. The van der Waals surface area contributed by atoms with E-state index in [2.05, 4.69) is 15.9 Å². The van der Waals surface area contributed by atoms with Gasteiger partial charge in [-0.05, 0) is 29.8 Å². The van der Waals surface area contributed by atoms with E-state index in [1.165, 1.54) is 18.2 Å². The number of nitrogens with two attached hydrogens (primary N) is 1. The number of ether oxygens (including phenoxy) is 1. The van der Waals surface area contributed by atoms with Gasteiger partial charge in [-0.2, -0.15) is 13.2 Å². The van der Waals surface area contributed by atoms with Crippen molar-refractivity contribution in [3.8, 4) is 5.75 Å². The second kappa shape index (κ2) is 6.49. The predicted octanol–water partition coefficient (Wildman–Crippen LogP) is 4.55. The summed E-state index contributed by atoms with van der Waals surface area (Å²) < 4.78 is 45.2. The van der Waals surface area contributed by atoms with E-state index in [9.17, 15) is 13.2 Å². The van der Waals surface area contributed by atoms with Crippen molar-refractivity contribution < 1.29 is 17.9 Å². The van der Waals surface area contributed by atoms with Crippen LogP contribution in [0.15, 0.2) is 53.0 Å². The lowest BCUT2D eigenvalue weighted by atomic mass is 10.1. The van der Waals surface area contributed by atoms with E-state index >= 15 is 0 Å². The van der Waals surface area contributed by atoms with E-state index in [-0.39, 0.29) is 12.3 Å². The number of alkyl halides is 3. The summed E-state index contributed by atoms with van der Waals surface area (Å²) >= 11 is 3.31. The highest BCUT2D eigenvalue weighted by Crippen LogP contribution is 2.37. The molecule has 21 heavy (non-hydrogen) atoms. The van der Waals surface area contributed by atoms with Crippen LogP contribution < -0.4 is 10.5 Å². The molecule has 1 unspecified atom stereocenters. The monoisotopic (exact) mass is 359 g/mol. The van der Waals surface area contributed by atoms with Gasteiger partial charge in [0.05, 0.1) is 5.56 Å². The first-order valence-electron chi connectivity index (χ1n) is 6.20. The number of para-hydroxylation sites is 1. The van der Waals surface area contributed by atoms with Crippen LogP contribution in [-0.2, 0) is 6.18 Å². The molecule has 0 saturated carbocycles. The Kier molecular flexibility index (Phi) is 4.90. The Balaban J connectivity index is 2.32. The maximum Gasteiger partial charge on any atom is 0.419 e. The standard InChI is InChI=1S/C15H13BrF3NO/c16-11-5-3-4-10(8-11)14(9-20)21-13-7-2-1-6-12(13)15(17,18)19/h1-8,14H,9,20H2. The molecule has 0 aliphatic rings. The highest BCUT2D eigenvalue weighted by atomic mass is 79.9. The zero-order valence-electron chi connectivity index (χ0n) is 10.9. The maximum absolute atomic E-state index is 13.0. The summed E-state index contributed by atoms with van der Waals surface area (Å²) in [4.78, 5) is 0. The van der Waals surface area contributed by atoms with E-state index in [0.29, 0.717) is 5.56 Å². The molecular weight excluding hydrogens is 347 g/mol. The first-order chi connectivity index (χ1) is 9.91. The average molecular weight is 360 g/mol. The van der Waals surface area contributed by atoms with Gasteiger partial charge in [0.25, 0.3) is 0 Å². The van der Waals surface area contributed by atoms with Crippen LogP contribution in [0.2, 0.25) is 0 Å². The largest absolute Gasteiger partial charge is 0.484 e. The Morgan fingerprint density at radius 2 is 1.81 bits per heavy atom. The molecule has 1 atom stereocenters. The third-order valence-electron chi connectivity index (χ3n) is 2.90. The number of halogens is 4. The van der Waals surface area contributed by atoms with E-state index in [0.717, 1.165) is 10.5 Å². The number of rotatable bonds is 4. The zero-order chi connectivity index (χ0) is 15.5. The topological polar surface area (TPSA) is 35.2 Å². The smallest absolute Gasteiger partial charge is 0.419 e. The van der Waals surface area contributed by atoms with Gasteiger partial charge in [0.15, 0.2) is 0 Å². The second-order valence-corrected chi connectivity index (χ2v) is 5.31. The van der Waals surface area contributed by atoms with Crippen LogP contribution in [0.5, 0.6) is 5.75 Å². The third-order valence-corrected chi connectivity index (χ3v) is 3.39. The zero-order valence-corrected chi connectivity index (χ0v) is 12.5. The van der Waals surface area contributed by atoms with E-state index in [1.807, 2.05) is 6.07 Å². The van der Waals surface area contributed by atoms with Gasteiger partial charge in [0.2, 0.25) is 0 Å². The van der Waals surface area contributed by atoms with Gasteiger partial charge in [0, 0.05) is 11.0 Å². The van der Waals surface area contributed by atoms with Gasteiger partial charge in [-0.3, -0.25) is 0 Å². The minimum atomic E-state index is -4.47. The van der Waals surface area contributed by atoms with Gasteiger partial charge in [-0.15, -0.1) is 0 Å². The van der Waals surface area contributed by atoms with Gasteiger partial charge in [0.1, 0.15) is 11.9 Å². The molecule has 2 nitrogen and oxygen atoms in total. The summed E-state index contributed by atoms with van der Waals surface area (Å²) in [6.45, 7) is 0.0721. The molecular formula is C15H13BrF3NO. The molecule has 0 saturated heterocycles. The minimum Gasteiger partial charge on any atom is -0.484 e. The van der Waals surface area contributed by atoms with E-state index in [4.69, 9.17) is 10.5 Å². The normalized spacial score (nSPS) is 13.0. The lowest BCUT2D eigenvalue weighted by Gasteiger charge is -2.21. The number of hydrogen-bond donors (Lipinski definition) is 1. The Bertz CT molecular complexity index is 616. The molecule has 0 bridgehead atoms. The van der Waals surface area contributed by atoms with E-state index < -0.39 is 17.8 Å². The van der Waals surface area contributed by atoms with Crippen molar-refractivity contribution in [1.29, 1.82) is 0 Å². The third kappa shape index (κ3) is 3.98. The molecule has 0 heterocycles. The molecule has 0 amide bonds. The van der Waals surface area contributed by atoms with Crippen molar-refractivity contribution >= 4 is 15.9 Å². The quantitative estimate of drug-likeness (QED) is 0.869. The van der Waals surface area contributed by atoms with Gasteiger partial charge in [-0.25, -0.2) is 0 Å². The molecule has 112 valence electrons. The summed E-state index contributed by atoms with van der Waals surface area (Å²) in [7, 11) is 0. The van der Waals surface area contributed by atoms with Crippen molar-refractivity contribution in [2.45, 2.75) is 12.3 Å².